The fraction of sp³-hybridized carbons (Fsp3) is 0.857. The Kier molecular flexibility index (Phi) is 4.08. The third-order valence-corrected chi connectivity index (χ3v) is 8.25. The van der Waals surface area contributed by atoms with Gasteiger partial charge in [-0.3, -0.25) is 4.79 Å². The van der Waals surface area contributed by atoms with E-state index in [2.05, 4.69) is 20.8 Å². The first-order valence-electron chi connectivity index (χ1n) is 9.85. The van der Waals surface area contributed by atoms with Gasteiger partial charge in [0, 0.05) is 24.9 Å². The van der Waals surface area contributed by atoms with Crippen molar-refractivity contribution in [1.29, 1.82) is 0 Å². The van der Waals surface area contributed by atoms with Crippen LogP contribution in [0.3, 0.4) is 0 Å². The van der Waals surface area contributed by atoms with E-state index in [0.29, 0.717) is 11.7 Å². The maximum Gasteiger partial charge on any atom is 0.201 e. The second-order valence-corrected chi connectivity index (χ2v) is 9.14. The van der Waals surface area contributed by atoms with Crippen LogP contribution in [0.5, 0.6) is 0 Å². The molecule has 0 amide bonds. The van der Waals surface area contributed by atoms with Crippen molar-refractivity contribution >= 4 is 5.78 Å². The molecule has 4 nitrogen and oxygen atoms in total. The molecule has 2 saturated carbocycles. The highest BCUT2D eigenvalue weighted by molar-refractivity contribution is 5.98. The first-order valence-corrected chi connectivity index (χ1v) is 9.85. The van der Waals surface area contributed by atoms with Crippen molar-refractivity contribution in [2.75, 3.05) is 14.2 Å². The van der Waals surface area contributed by atoms with Crippen molar-refractivity contribution in [2.24, 2.45) is 28.6 Å². The molecule has 0 bridgehead atoms. The molecule has 0 aromatic heterocycles. The Hall–Kier alpha value is -0.870. The third-order valence-electron chi connectivity index (χ3n) is 8.25. The maximum atomic E-state index is 13.6. The predicted octanol–water partition coefficient (Wildman–Crippen LogP) is 4.09. The topological polar surface area (TPSA) is 44.8 Å². The Morgan fingerprint density at radius 2 is 1.92 bits per heavy atom. The molecular formula is C21H32O4. The normalized spacial score (nSPS) is 49.5. The number of hydrogen-bond acceptors (Lipinski definition) is 4. The van der Waals surface area contributed by atoms with E-state index in [-0.39, 0.29) is 40.8 Å². The molecule has 0 N–H and O–H groups in total. The van der Waals surface area contributed by atoms with Gasteiger partial charge in [0.1, 0.15) is 0 Å². The molecule has 0 aromatic carbocycles. The highest BCUT2D eigenvalue weighted by Crippen LogP contribution is 2.67. The minimum absolute atomic E-state index is 0.00879. The Bertz CT molecular complexity index is 611. The number of allylic oxidation sites excluding steroid dienone is 2. The van der Waals surface area contributed by atoms with E-state index in [1.165, 1.54) is 19.3 Å². The number of carbonyl (C=O) groups excluding carboxylic acids is 1. The molecule has 4 heteroatoms. The molecule has 4 rings (SSSR count). The molecular weight excluding hydrogens is 316 g/mol. The summed E-state index contributed by atoms with van der Waals surface area (Å²) >= 11 is 0. The van der Waals surface area contributed by atoms with Crippen molar-refractivity contribution < 1.29 is 19.0 Å². The molecule has 0 radical (unpaired) electrons. The lowest BCUT2D eigenvalue weighted by Gasteiger charge is -2.65. The average Bonchev–Trinajstić information content (AvgIpc) is 2.58. The summed E-state index contributed by atoms with van der Waals surface area (Å²) in [5, 5.41) is 0. The first-order chi connectivity index (χ1) is 11.9. The van der Waals surface area contributed by atoms with E-state index in [1.807, 2.05) is 0 Å². The zero-order chi connectivity index (χ0) is 18.0. The summed E-state index contributed by atoms with van der Waals surface area (Å²) in [5.41, 5.74) is 1.01. The standard InChI is InChI=1S/C21H32O4/c1-12-14-11-16(23-4)25-15-10-13-8-6-7-9-20(13,2)19(21(14,15)3)17(22)18(12)24-5/h13-16,19H,6-11H2,1-5H3/t13-,14-,15-,16-,19-,20+,21+/m1/s1. The summed E-state index contributed by atoms with van der Waals surface area (Å²) in [5.74, 6) is 1.66. The largest absolute Gasteiger partial charge is 0.493 e. The van der Waals surface area contributed by atoms with Gasteiger partial charge in [-0.25, -0.2) is 0 Å². The monoisotopic (exact) mass is 348 g/mol. The third kappa shape index (κ3) is 2.16. The smallest absolute Gasteiger partial charge is 0.201 e. The number of methoxy groups -OCH3 is 2. The summed E-state index contributed by atoms with van der Waals surface area (Å²) in [6, 6.07) is 0. The molecule has 0 unspecified atom stereocenters. The number of rotatable bonds is 2. The van der Waals surface area contributed by atoms with Crippen LogP contribution in [-0.2, 0) is 19.0 Å². The number of carbonyl (C=O) groups is 1. The lowest BCUT2D eigenvalue weighted by molar-refractivity contribution is -0.282. The summed E-state index contributed by atoms with van der Waals surface area (Å²) in [6.45, 7) is 6.75. The quantitative estimate of drug-likeness (QED) is 0.754. The highest BCUT2D eigenvalue weighted by Gasteiger charge is 2.68. The Balaban J connectivity index is 1.89. The number of hydrogen-bond donors (Lipinski definition) is 0. The van der Waals surface area contributed by atoms with Crippen LogP contribution in [0.25, 0.3) is 0 Å². The molecule has 3 aliphatic carbocycles. The van der Waals surface area contributed by atoms with Gasteiger partial charge in [-0.05, 0) is 49.0 Å². The van der Waals surface area contributed by atoms with E-state index in [1.54, 1.807) is 14.2 Å². The van der Waals surface area contributed by atoms with E-state index in [9.17, 15) is 4.79 Å². The van der Waals surface area contributed by atoms with Crippen molar-refractivity contribution in [3.05, 3.63) is 11.3 Å². The fourth-order valence-electron chi connectivity index (χ4n) is 7.04. The van der Waals surface area contributed by atoms with E-state index >= 15 is 0 Å². The van der Waals surface area contributed by atoms with Crippen molar-refractivity contribution in [3.63, 3.8) is 0 Å². The van der Waals surface area contributed by atoms with Gasteiger partial charge in [-0.2, -0.15) is 0 Å². The van der Waals surface area contributed by atoms with E-state index < -0.39 is 0 Å². The SMILES string of the molecule is COC1=C(C)[C@H]2C[C@H](OC)O[C@@H]3C[C@H]4CCCC[C@]4(C)[C@@H](C1=O)[C@@]23C. The van der Waals surface area contributed by atoms with Crippen LogP contribution >= 0.6 is 0 Å². The zero-order valence-corrected chi connectivity index (χ0v) is 16.3. The number of ketones is 1. The second-order valence-electron chi connectivity index (χ2n) is 9.14. The van der Waals surface area contributed by atoms with Crippen LogP contribution < -0.4 is 0 Å². The van der Waals surface area contributed by atoms with Gasteiger partial charge in [-0.15, -0.1) is 0 Å². The van der Waals surface area contributed by atoms with Gasteiger partial charge >= 0.3 is 0 Å². The fourth-order valence-corrected chi connectivity index (χ4v) is 7.04. The molecule has 3 fully saturated rings. The molecule has 0 spiro atoms. The molecule has 4 aliphatic rings. The highest BCUT2D eigenvalue weighted by atomic mass is 16.7. The minimum atomic E-state index is -0.182. The van der Waals surface area contributed by atoms with Gasteiger partial charge in [-0.1, -0.05) is 26.7 Å². The van der Waals surface area contributed by atoms with Crippen molar-refractivity contribution in [2.45, 2.75) is 71.7 Å². The lowest BCUT2D eigenvalue weighted by atomic mass is 9.41. The molecule has 1 saturated heterocycles. The second kappa shape index (κ2) is 5.82. The number of fused-ring (bicyclic) bond motifs is 2. The molecule has 7 atom stereocenters. The Labute approximate surface area is 151 Å². The number of Topliss-reactive ketones (excluding diaryl/α,β-unsaturated/α-hetero) is 1. The predicted molar refractivity (Wildman–Crippen MR) is 94.8 cm³/mol. The van der Waals surface area contributed by atoms with Gasteiger partial charge in [0.25, 0.3) is 0 Å². The molecule has 1 aliphatic heterocycles. The average molecular weight is 348 g/mol. The molecule has 0 aromatic rings. The van der Waals surface area contributed by atoms with Crippen LogP contribution in [0.1, 0.15) is 59.3 Å². The van der Waals surface area contributed by atoms with Gasteiger partial charge in [0.2, 0.25) is 5.78 Å². The first kappa shape index (κ1) is 17.5. The minimum Gasteiger partial charge on any atom is -0.493 e. The van der Waals surface area contributed by atoms with Crippen molar-refractivity contribution in [3.8, 4) is 0 Å². The van der Waals surface area contributed by atoms with E-state index in [4.69, 9.17) is 14.2 Å². The number of ether oxygens (including phenoxy) is 3. The van der Waals surface area contributed by atoms with Crippen LogP contribution in [0, 0.1) is 28.6 Å². The molecule has 140 valence electrons. The summed E-state index contributed by atoms with van der Waals surface area (Å²) in [7, 11) is 3.37. The summed E-state index contributed by atoms with van der Waals surface area (Å²) in [6.07, 6.45) is 6.64. The summed E-state index contributed by atoms with van der Waals surface area (Å²) in [4.78, 5) is 13.6. The van der Waals surface area contributed by atoms with Gasteiger partial charge < -0.3 is 14.2 Å². The molecule has 1 heterocycles. The van der Waals surface area contributed by atoms with Gasteiger partial charge in [0.05, 0.1) is 13.2 Å². The lowest BCUT2D eigenvalue weighted by Crippen LogP contribution is -2.67. The van der Waals surface area contributed by atoms with Crippen LogP contribution in [0.4, 0.5) is 0 Å². The Morgan fingerprint density at radius 1 is 1.16 bits per heavy atom. The summed E-state index contributed by atoms with van der Waals surface area (Å²) < 4.78 is 17.7. The molecule has 25 heavy (non-hydrogen) atoms. The van der Waals surface area contributed by atoms with Crippen LogP contribution in [-0.4, -0.2) is 32.4 Å². The van der Waals surface area contributed by atoms with Crippen molar-refractivity contribution in [1.82, 2.24) is 0 Å². The van der Waals surface area contributed by atoms with Crippen LogP contribution in [0.15, 0.2) is 11.3 Å². The van der Waals surface area contributed by atoms with E-state index in [0.717, 1.165) is 24.8 Å². The van der Waals surface area contributed by atoms with Crippen LogP contribution in [0.2, 0.25) is 0 Å². The Morgan fingerprint density at radius 3 is 2.60 bits per heavy atom. The van der Waals surface area contributed by atoms with Gasteiger partial charge in [0.15, 0.2) is 12.0 Å². The zero-order valence-electron chi connectivity index (χ0n) is 16.3. The maximum absolute atomic E-state index is 13.6.